The van der Waals surface area contributed by atoms with Crippen molar-refractivity contribution >= 4 is 64.6 Å². The van der Waals surface area contributed by atoms with Gasteiger partial charge in [0.25, 0.3) is 0 Å². The van der Waals surface area contributed by atoms with Crippen molar-refractivity contribution < 1.29 is 83.5 Å². The Morgan fingerprint density at radius 1 is 0.500 bits per heavy atom. The standard InChI is InChI=1S/C68H67Cl2N9O17/c69-42-19-31-9-15-48(42)95-51-26-36-27-52(61(51)86)96-49-16-12-34(24-43(49)70)60(85)59-68(93)78-58(64(89)73-18-8-6-4-2-1-3-5-7-17-71)41-29-38(81)30-47(84)53(41)40-23-33(11-13-45(40)82)55(65(90)79-59)76-67(92)57(36)77-66(91)56-35-21-37(80)28-39(22-35)94-50-25-32(10-14-46(50)83)54(72)63(88)74-44(20-31)62(87)75-56/h9-16,19,21-30,44,54-60,80-86H,1-8,17-18,20,71-72H2,(H,73,89)(H,74,88)(H,75,87)(H,76,92)(H,77,91)(H,78,93)(H,79,90)/t44-,54+,55-,56+,57-,58+,59+,60-/m1/s1. The molecule has 6 aliphatic heterocycles. The number of unbranched alkanes of at least 4 members (excludes halogenated alkanes) is 7. The zero-order valence-electron chi connectivity index (χ0n) is 51.0. The second-order valence-corrected chi connectivity index (χ2v) is 24.5. The van der Waals surface area contributed by atoms with Crippen LogP contribution < -0.4 is 62.9 Å². The number of nitrogens with one attached hydrogen (secondary N) is 7. The molecule has 7 amide bonds. The zero-order valence-corrected chi connectivity index (χ0v) is 52.5. The topological polar surface area (TPSA) is 425 Å². The van der Waals surface area contributed by atoms with E-state index < -0.39 is 136 Å². The second kappa shape index (κ2) is 28.6. The lowest BCUT2D eigenvalue weighted by molar-refractivity contribution is -0.137. The normalized spacial score (nSPS) is 20.8. The molecule has 0 saturated heterocycles. The van der Waals surface area contributed by atoms with Gasteiger partial charge in [-0.3, -0.25) is 33.6 Å². The molecule has 0 fully saturated rings. The third-order valence-corrected chi connectivity index (χ3v) is 17.5. The molecule has 26 nitrogen and oxygen atoms in total. The summed E-state index contributed by atoms with van der Waals surface area (Å²) in [4.78, 5) is 106. The van der Waals surface area contributed by atoms with Crippen molar-refractivity contribution in [2.45, 2.75) is 106 Å². The number of ether oxygens (including phenoxy) is 3. The summed E-state index contributed by atoms with van der Waals surface area (Å²) in [6.45, 7) is 0.729. The van der Waals surface area contributed by atoms with E-state index in [1.807, 2.05) is 0 Å². The van der Waals surface area contributed by atoms with Crippen molar-refractivity contribution in [3.8, 4) is 80.1 Å². The molecule has 0 unspecified atom stereocenters. The molecule has 28 heteroatoms. The SMILES string of the molecule is NCCCCCCCCCCNC(=O)[C@H]1NC(=O)[C@H]2NC(=O)[C@H](NC(=O)[C@@H]3NC(=O)[C@H]4NC(=O)[C@@H](Cc5ccc(c(Cl)c5)Oc5cc3cc(c5O)Oc3ccc(cc3Cl)[C@H]2O)NC(=O)[C@@H](N)c2ccc(O)c(c2)Oc2cc(O)cc4c2)c2ccc(O)c(c2)-c2c(O)cc(O)cc21. The molecule has 13 rings (SSSR count). The number of aliphatic hydroxyl groups is 1. The van der Waals surface area contributed by atoms with Gasteiger partial charge in [-0.1, -0.05) is 86.0 Å². The Bertz CT molecular complexity index is 4250. The van der Waals surface area contributed by atoms with E-state index >= 15 is 19.2 Å². The summed E-state index contributed by atoms with van der Waals surface area (Å²) in [6, 6.07) is 9.54. The molecule has 0 aromatic heterocycles. The number of benzene rings is 7. The van der Waals surface area contributed by atoms with Crippen LogP contribution in [0.5, 0.6) is 69.0 Å². The third-order valence-electron chi connectivity index (χ3n) is 16.9. The van der Waals surface area contributed by atoms with E-state index in [4.69, 9.17) is 48.9 Å². The van der Waals surface area contributed by atoms with Crippen LogP contribution in [0.4, 0.5) is 0 Å². The number of phenols is 6. The van der Waals surface area contributed by atoms with Crippen LogP contribution in [0.1, 0.15) is 127 Å². The van der Waals surface area contributed by atoms with Gasteiger partial charge in [0.15, 0.2) is 23.0 Å². The van der Waals surface area contributed by atoms with Crippen LogP contribution in [0.2, 0.25) is 10.0 Å². The minimum absolute atomic E-state index is 0.105. The van der Waals surface area contributed by atoms with Crippen molar-refractivity contribution in [2.75, 3.05) is 13.1 Å². The van der Waals surface area contributed by atoms with Crippen LogP contribution in [0.25, 0.3) is 11.1 Å². The maximum absolute atomic E-state index is 15.9. The van der Waals surface area contributed by atoms with Gasteiger partial charge in [0.1, 0.15) is 88.6 Å². The molecule has 0 aliphatic carbocycles. The molecular weight excluding hydrogens is 1290 g/mol. The van der Waals surface area contributed by atoms with Crippen molar-refractivity contribution in [1.29, 1.82) is 0 Å². The van der Waals surface area contributed by atoms with E-state index in [1.54, 1.807) is 0 Å². The molecule has 0 radical (unpaired) electrons. The number of phenolic OH excluding ortho intramolecular Hbond substituents is 6. The summed E-state index contributed by atoms with van der Waals surface area (Å²) in [5, 5.41) is 99.6. The van der Waals surface area contributed by atoms with Crippen LogP contribution >= 0.6 is 23.2 Å². The van der Waals surface area contributed by atoms with Gasteiger partial charge in [-0.15, -0.1) is 0 Å². The number of amides is 7. The Hall–Kier alpha value is -10.5. The fraction of sp³-hybridized carbons (Fsp3) is 0.279. The maximum Gasteiger partial charge on any atom is 0.248 e. The third kappa shape index (κ3) is 14.6. The van der Waals surface area contributed by atoms with E-state index in [0.29, 0.717) is 18.5 Å². The summed E-state index contributed by atoms with van der Waals surface area (Å²) in [5.41, 5.74) is 10.7. The van der Waals surface area contributed by atoms with Gasteiger partial charge in [0.2, 0.25) is 47.1 Å². The summed E-state index contributed by atoms with van der Waals surface area (Å²) in [6.07, 6.45) is 4.66. The molecule has 500 valence electrons. The summed E-state index contributed by atoms with van der Waals surface area (Å²) in [7, 11) is 0. The Morgan fingerprint density at radius 3 is 1.75 bits per heavy atom. The van der Waals surface area contributed by atoms with Crippen molar-refractivity contribution in [1.82, 2.24) is 37.2 Å². The average molecular weight is 1350 g/mol. The molecular formula is C68H67Cl2N9O17. The number of fused-ring (bicyclic) bond motifs is 14. The number of nitrogens with two attached hydrogens (primary N) is 2. The first-order valence-electron chi connectivity index (χ1n) is 30.8. The highest BCUT2D eigenvalue weighted by molar-refractivity contribution is 6.32. The second-order valence-electron chi connectivity index (χ2n) is 23.7. The van der Waals surface area contributed by atoms with E-state index in [0.717, 1.165) is 87.4 Å². The zero-order chi connectivity index (χ0) is 68.2. The maximum atomic E-state index is 15.9. The Balaban J connectivity index is 1.07. The van der Waals surface area contributed by atoms with E-state index in [1.165, 1.54) is 72.8 Å². The number of hydrogen-bond donors (Lipinski definition) is 16. The minimum atomic E-state index is -2.15. The summed E-state index contributed by atoms with van der Waals surface area (Å²) >= 11 is 13.8. The molecule has 6 aliphatic rings. The number of carbonyl (C=O) groups is 7. The van der Waals surface area contributed by atoms with Crippen LogP contribution in [0, 0.1) is 0 Å². The lowest BCUT2D eigenvalue weighted by Gasteiger charge is -2.31. The van der Waals surface area contributed by atoms with Gasteiger partial charge in [0, 0.05) is 36.2 Å². The van der Waals surface area contributed by atoms with E-state index in [9.17, 15) is 50.1 Å². The molecule has 17 bridgehead atoms. The predicted molar refractivity (Wildman–Crippen MR) is 346 cm³/mol. The van der Waals surface area contributed by atoms with Crippen molar-refractivity contribution in [3.05, 3.63) is 164 Å². The fourth-order valence-electron chi connectivity index (χ4n) is 11.9. The number of halogens is 2. The lowest BCUT2D eigenvalue weighted by atomic mass is 9.89. The molecule has 96 heavy (non-hydrogen) atoms. The van der Waals surface area contributed by atoms with E-state index in [-0.39, 0.29) is 90.5 Å². The summed E-state index contributed by atoms with van der Waals surface area (Å²) < 4.78 is 18.6. The predicted octanol–water partition coefficient (Wildman–Crippen LogP) is 7.10. The van der Waals surface area contributed by atoms with Gasteiger partial charge in [-0.2, -0.15) is 0 Å². The minimum Gasteiger partial charge on any atom is -0.508 e. The van der Waals surface area contributed by atoms with Gasteiger partial charge < -0.3 is 98.6 Å². The highest BCUT2D eigenvalue weighted by Crippen LogP contribution is 2.48. The lowest BCUT2D eigenvalue weighted by Crippen LogP contribution is -2.56. The van der Waals surface area contributed by atoms with Gasteiger partial charge in [-0.25, -0.2) is 0 Å². The molecule has 7 aromatic carbocycles. The number of carbonyl (C=O) groups excluding carboxylic acids is 7. The molecule has 18 N–H and O–H groups in total. The number of aromatic hydroxyl groups is 6. The van der Waals surface area contributed by atoms with Crippen LogP contribution in [-0.4, -0.2) is 102 Å². The smallest absolute Gasteiger partial charge is 0.248 e. The average Bonchev–Trinajstić information content (AvgIpc) is 0.774. The van der Waals surface area contributed by atoms with Crippen molar-refractivity contribution in [2.24, 2.45) is 11.5 Å². The molecule has 0 saturated carbocycles. The summed E-state index contributed by atoms with van der Waals surface area (Å²) in [5.74, 6) is -13.3. The number of hydrogen-bond acceptors (Lipinski definition) is 19. The molecule has 7 aromatic rings. The van der Waals surface area contributed by atoms with Crippen LogP contribution in [-0.2, 0) is 40.0 Å². The van der Waals surface area contributed by atoms with Crippen LogP contribution in [0.15, 0.2) is 115 Å². The quantitative estimate of drug-likeness (QED) is 0.0574. The first kappa shape index (κ1) is 66.9. The van der Waals surface area contributed by atoms with E-state index in [2.05, 4.69) is 37.2 Å². The van der Waals surface area contributed by atoms with Gasteiger partial charge in [-0.05, 0) is 137 Å². The van der Waals surface area contributed by atoms with Gasteiger partial charge >= 0.3 is 0 Å². The number of rotatable bonds is 11. The van der Waals surface area contributed by atoms with Gasteiger partial charge in [0.05, 0.1) is 10.0 Å². The molecule has 0 spiro atoms. The molecule has 6 heterocycles. The number of aliphatic hydroxyl groups excluding tert-OH is 1. The highest BCUT2D eigenvalue weighted by atomic mass is 35.5. The largest absolute Gasteiger partial charge is 0.508 e. The first-order chi connectivity index (χ1) is 46.0. The van der Waals surface area contributed by atoms with Crippen molar-refractivity contribution in [3.63, 3.8) is 0 Å². The fourth-order valence-corrected chi connectivity index (χ4v) is 12.4. The van der Waals surface area contributed by atoms with Crippen LogP contribution in [0.3, 0.4) is 0 Å². The Morgan fingerprint density at radius 2 is 1.07 bits per heavy atom. The molecule has 8 atom stereocenters. The Kier molecular flexibility index (Phi) is 19.9. The Labute approximate surface area is 557 Å². The monoisotopic (exact) mass is 1350 g/mol. The highest BCUT2D eigenvalue weighted by Gasteiger charge is 2.41. The first-order valence-corrected chi connectivity index (χ1v) is 31.6.